The number of amides is 1. The lowest BCUT2D eigenvalue weighted by molar-refractivity contribution is -0.124. The first kappa shape index (κ1) is 13.2. The lowest BCUT2D eigenvalue weighted by Gasteiger charge is -2.10. The smallest absolute Gasteiger partial charge is 0.224 e. The first-order valence-corrected chi connectivity index (χ1v) is 6.12. The largest absolute Gasteiger partial charge is 0.352 e. The highest BCUT2D eigenvalue weighted by atomic mass is 16.1. The monoisotopic (exact) mass is 259 g/mol. The Morgan fingerprint density at radius 2 is 2.37 bits per heavy atom. The normalized spacial score (nSPS) is 12.1. The van der Waals surface area contributed by atoms with Gasteiger partial charge in [0.2, 0.25) is 5.91 Å². The molecule has 1 aromatic heterocycles. The van der Waals surface area contributed by atoms with Crippen molar-refractivity contribution in [1.29, 1.82) is 0 Å². The minimum atomic E-state index is -0.168. The molecule has 0 aliphatic rings. The average Bonchev–Trinajstić information content (AvgIpc) is 2.98. The van der Waals surface area contributed by atoms with Crippen LogP contribution in [0.25, 0.3) is 5.69 Å². The molecule has 0 bridgehead atoms. The van der Waals surface area contributed by atoms with E-state index in [1.807, 2.05) is 24.3 Å². The summed E-state index contributed by atoms with van der Waals surface area (Å²) >= 11 is 0. The van der Waals surface area contributed by atoms with E-state index >= 15 is 0 Å². The van der Waals surface area contributed by atoms with Gasteiger partial charge in [0.05, 0.1) is 5.69 Å². The minimum absolute atomic E-state index is 0.0336. The summed E-state index contributed by atoms with van der Waals surface area (Å²) in [7, 11) is 0. The number of carbonyl (C=O) groups excluding carboxylic acids is 1. The van der Waals surface area contributed by atoms with Crippen LogP contribution in [0, 0.1) is 5.92 Å². The van der Waals surface area contributed by atoms with Crippen molar-refractivity contribution in [2.75, 3.05) is 6.54 Å². The number of hydrogen-bond donors (Lipinski definition) is 2. The van der Waals surface area contributed by atoms with Crippen molar-refractivity contribution < 1.29 is 4.79 Å². The third-order valence-corrected chi connectivity index (χ3v) is 2.86. The molecule has 0 saturated carbocycles. The van der Waals surface area contributed by atoms with Crippen molar-refractivity contribution in [3.8, 4) is 5.69 Å². The van der Waals surface area contributed by atoms with Crippen LogP contribution in [0.1, 0.15) is 12.5 Å². The van der Waals surface area contributed by atoms with E-state index in [4.69, 9.17) is 5.73 Å². The molecule has 1 heterocycles. The number of nitrogens with one attached hydrogen (secondary N) is 1. The fraction of sp³-hybridized carbons (Fsp3) is 0.308. The second-order valence-electron chi connectivity index (χ2n) is 4.36. The zero-order valence-corrected chi connectivity index (χ0v) is 10.8. The molecule has 1 unspecified atom stereocenters. The molecule has 0 aliphatic heterocycles. The number of rotatable bonds is 5. The molecule has 1 aromatic carbocycles. The van der Waals surface area contributed by atoms with Gasteiger partial charge in [-0.25, -0.2) is 9.67 Å². The van der Waals surface area contributed by atoms with Crippen LogP contribution < -0.4 is 11.1 Å². The van der Waals surface area contributed by atoms with Crippen LogP contribution in [0.5, 0.6) is 0 Å². The zero-order valence-electron chi connectivity index (χ0n) is 10.8. The van der Waals surface area contributed by atoms with E-state index in [9.17, 15) is 4.79 Å². The molecule has 1 atom stereocenters. The molecule has 0 saturated heterocycles. The van der Waals surface area contributed by atoms with Crippen LogP contribution >= 0.6 is 0 Å². The second-order valence-corrected chi connectivity index (χ2v) is 4.36. The van der Waals surface area contributed by atoms with E-state index in [1.54, 1.807) is 17.9 Å². The summed E-state index contributed by atoms with van der Waals surface area (Å²) in [4.78, 5) is 15.5. The SMILES string of the molecule is CC(CN)C(=O)NCc1cccc(-n2cncn2)c1. The van der Waals surface area contributed by atoms with Gasteiger partial charge in [-0.15, -0.1) is 0 Å². The fourth-order valence-electron chi connectivity index (χ4n) is 1.62. The quantitative estimate of drug-likeness (QED) is 0.817. The van der Waals surface area contributed by atoms with E-state index in [1.165, 1.54) is 6.33 Å². The topological polar surface area (TPSA) is 85.8 Å². The standard InChI is InChI=1S/C13H17N5O/c1-10(6-14)13(19)16-7-11-3-2-4-12(5-11)18-9-15-8-17-18/h2-5,8-10H,6-7,14H2,1H3,(H,16,19). The van der Waals surface area contributed by atoms with E-state index < -0.39 is 0 Å². The van der Waals surface area contributed by atoms with Gasteiger partial charge in [0.15, 0.2) is 0 Å². The van der Waals surface area contributed by atoms with Crippen molar-refractivity contribution in [3.05, 3.63) is 42.5 Å². The highest BCUT2D eigenvalue weighted by molar-refractivity contribution is 5.78. The summed E-state index contributed by atoms with van der Waals surface area (Å²) in [5, 5.41) is 6.92. The molecule has 100 valence electrons. The summed E-state index contributed by atoms with van der Waals surface area (Å²) in [6.45, 7) is 2.64. The number of hydrogen-bond acceptors (Lipinski definition) is 4. The van der Waals surface area contributed by atoms with Crippen molar-refractivity contribution in [2.24, 2.45) is 11.7 Å². The first-order valence-electron chi connectivity index (χ1n) is 6.12. The van der Waals surface area contributed by atoms with Crippen molar-refractivity contribution >= 4 is 5.91 Å². The van der Waals surface area contributed by atoms with Gasteiger partial charge in [0.1, 0.15) is 12.7 Å². The highest BCUT2D eigenvalue weighted by Gasteiger charge is 2.09. The van der Waals surface area contributed by atoms with Gasteiger partial charge < -0.3 is 11.1 Å². The molecule has 3 N–H and O–H groups in total. The van der Waals surface area contributed by atoms with Crippen LogP contribution in [0.15, 0.2) is 36.9 Å². The summed E-state index contributed by atoms with van der Waals surface area (Å²) in [5.41, 5.74) is 7.37. The van der Waals surface area contributed by atoms with E-state index in [0.717, 1.165) is 11.3 Å². The number of benzene rings is 1. The summed E-state index contributed by atoms with van der Waals surface area (Å²) in [5.74, 6) is -0.202. The Bertz CT molecular complexity index is 538. The van der Waals surface area contributed by atoms with Crippen molar-refractivity contribution in [2.45, 2.75) is 13.5 Å². The van der Waals surface area contributed by atoms with Crippen LogP contribution in [0.3, 0.4) is 0 Å². The Kier molecular flexibility index (Phi) is 4.25. The zero-order chi connectivity index (χ0) is 13.7. The number of nitrogens with zero attached hydrogens (tertiary/aromatic N) is 3. The van der Waals surface area contributed by atoms with Crippen LogP contribution in [-0.4, -0.2) is 27.2 Å². The van der Waals surface area contributed by atoms with Gasteiger partial charge in [-0.05, 0) is 17.7 Å². The molecular weight excluding hydrogens is 242 g/mol. The third kappa shape index (κ3) is 3.38. The molecule has 1 amide bonds. The molecule has 0 fully saturated rings. The molecule has 6 heteroatoms. The lowest BCUT2D eigenvalue weighted by Crippen LogP contribution is -2.32. The molecule has 19 heavy (non-hydrogen) atoms. The van der Waals surface area contributed by atoms with Crippen LogP contribution in [0.4, 0.5) is 0 Å². The molecule has 2 rings (SSSR count). The molecule has 6 nitrogen and oxygen atoms in total. The summed E-state index contributed by atoms with van der Waals surface area (Å²) in [6.07, 6.45) is 3.12. The molecule has 0 spiro atoms. The maximum atomic E-state index is 11.6. The third-order valence-electron chi connectivity index (χ3n) is 2.86. The van der Waals surface area contributed by atoms with Gasteiger partial charge in [0, 0.05) is 19.0 Å². The summed E-state index contributed by atoms with van der Waals surface area (Å²) in [6, 6.07) is 7.77. The van der Waals surface area contributed by atoms with Gasteiger partial charge in [-0.3, -0.25) is 4.79 Å². The second kappa shape index (κ2) is 6.10. The van der Waals surface area contributed by atoms with Gasteiger partial charge in [-0.1, -0.05) is 19.1 Å². The maximum Gasteiger partial charge on any atom is 0.224 e. The predicted octanol–water partition coefficient (Wildman–Crippen LogP) is 0.478. The predicted molar refractivity (Wildman–Crippen MR) is 71.4 cm³/mol. The number of carbonyl (C=O) groups is 1. The van der Waals surface area contributed by atoms with Crippen molar-refractivity contribution in [1.82, 2.24) is 20.1 Å². The first-order chi connectivity index (χ1) is 9.20. The average molecular weight is 259 g/mol. The van der Waals surface area contributed by atoms with Crippen LogP contribution in [-0.2, 0) is 11.3 Å². The van der Waals surface area contributed by atoms with Crippen LogP contribution in [0.2, 0.25) is 0 Å². The Balaban J connectivity index is 2.02. The van der Waals surface area contributed by atoms with Gasteiger partial charge >= 0.3 is 0 Å². The van der Waals surface area contributed by atoms with Crippen molar-refractivity contribution in [3.63, 3.8) is 0 Å². The Morgan fingerprint density at radius 1 is 1.53 bits per heavy atom. The maximum absolute atomic E-state index is 11.6. The number of nitrogens with two attached hydrogens (primary N) is 1. The Labute approximate surface area is 111 Å². The molecule has 0 aliphatic carbocycles. The Hall–Kier alpha value is -2.21. The summed E-state index contributed by atoms with van der Waals surface area (Å²) < 4.78 is 1.67. The van der Waals surface area contributed by atoms with Gasteiger partial charge in [0.25, 0.3) is 0 Å². The Morgan fingerprint density at radius 3 is 3.05 bits per heavy atom. The van der Waals surface area contributed by atoms with Gasteiger partial charge in [-0.2, -0.15) is 5.10 Å². The van der Waals surface area contributed by atoms with E-state index in [0.29, 0.717) is 13.1 Å². The number of aromatic nitrogens is 3. The highest BCUT2D eigenvalue weighted by Crippen LogP contribution is 2.09. The fourth-order valence-corrected chi connectivity index (χ4v) is 1.62. The minimum Gasteiger partial charge on any atom is -0.352 e. The molecule has 0 radical (unpaired) electrons. The van der Waals surface area contributed by atoms with E-state index in [-0.39, 0.29) is 11.8 Å². The van der Waals surface area contributed by atoms with E-state index in [2.05, 4.69) is 15.4 Å². The lowest BCUT2D eigenvalue weighted by atomic mass is 10.1. The molecular formula is C13H17N5O. The molecule has 2 aromatic rings.